The molecule has 2 aromatic carbocycles. The maximum atomic E-state index is 12.8. The lowest BCUT2D eigenvalue weighted by Gasteiger charge is -2.10. The number of nitrogens with zero attached hydrogens (tertiary/aromatic N) is 2. The Morgan fingerprint density at radius 3 is 2.57 bits per heavy atom. The second-order valence-corrected chi connectivity index (χ2v) is 6.47. The lowest BCUT2D eigenvalue weighted by molar-refractivity contribution is -0.119. The van der Waals surface area contributed by atoms with Crippen molar-refractivity contribution < 1.29 is 24.2 Å². The Labute approximate surface area is 171 Å². The number of aromatic nitrogens is 1. The molecule has 1 heterocycles. The van der Waals surface area contributed by atoms with Crippen LogP contribution in [0.25, 0.3) is 10.9 Å². The molecule has 0 fully saturated rings. The first-order chi connectivity index (χ1) is 14.3. The lowest BCUT2D eigenvalue weighted by Crippen LogP contribution is -2.18. The number of methoxy groups -OCH3 is 1. The normalized spacial score (nSPS) is 10.4. The van der Waals surface area contributed by atoms with Crippen LogP contribution in [-0.2, 0) is 16.6 Å². The highest BCUT2D eigenvalue weighted by molar-refractivity contribution is 6.09. The number of hydrogen-bond acceptors (Lipinski definition) is 5. The molecule has 3 N–H and O–H groups in total. The molecule has 0 aliphatic heterocycles. The predicted octanol–water partition coefficient (Wildman–Crippen LogP) is 2.59. The van der Waals surface area contributed by atoms with Crippen LogP contribution in [0.4, 0.5) is 11.4 Å². The zero-order valence-corrected chi connectivity index (χ0v) is 16.2. The van der Waals surface area contributed by atoms with Gasteiger partial charge in [-0.25, -0.2) is 4.79 Å². The molecule has 0 spiro atoms. The molecule has 30 heavy (non-hydrogen) atoms. The monoisotopic (exact) mass is 406 g/mol. The Morgan fingerprint density at radius 1 is 1.13 bits per heavy atom. The minimum absolute atomic E-state index is 0.0741. The molecular formula is C21H18N4O5. The van der Waals surface area contributed by atoms with Gasteiger partial charge in [0.15, 0.2) is 0 Å². The van der Waals surface area contributed by atoms with E-state index in [1.165, 1.54) is 25.3 Å². The van der Waals surface area contributed by atoms with Gasteiger partial charge in [-0.3, -0.25) is 9.59 Å². The molecule has 3 aromatic rings. The number of hydrogen-bond donors (Lipinski definition) is 3. The molecule has 9 heteroatoms. The van der Waals surface area contributed by atoms with Gasteiger partial charge in [0.1, 0.15) is 12.3 Å². The maximum Gasteiger partial charge on any atom is 0.337 e. The highest BCUT2D eigenvalue weighted by atomic mass is 16.5. The molecule has 0 saturated heterocycles. The van der Waals surface area contributed by atoms with E-state index in [4.69, 9.17) is 10.00 Å². The summed E-state index contributed by atoms with van der Waals surface area (Å²) in [5, 5.41) is 24.4. The van der Waals surface area contributed by atoms with Gasteiger partial charge in [0, 0.05) is 25.2 Å². The molecule has 0 aliphatic rings. The van der Waals surface area contributed by atoms with E-state index < -0.39 is 11.9 Å². The van der Waals surface area contributed by atoms with Crippen LogP contribution in [-0.4, -0.2) is 41.2 Å². The second-order valence-electron chi connectivity index (χ2n) is 6.47. The molecule has 1 aromatic heterocycles. The fourth-order valence-electron chi connectivity index (χ4n) is 3.04. The SMILES string of the molecule is COCC(=O)Nc1ccc2cc(C(=O)Nc3ccc(C#N)cc3C(=O)O)n(C)c2c1. The Bertz CT molecular complexity index is 1210. The van der Waals surface area contributed by atoms with E-state index in [-0.39, 0.29) is 29.3 Å². The number of fused-ring (bicyclic) bond motifs is 1. The van der Waals surface area contributed by atoms with Crippen LogP contribution in [0.1, 0.15) is 26.4 Å². The van der Waals surface area contributed by atoms with Gasteiger partial charge in [-0.1, -0.05) is 6.07 Å². The number of carbonyl (C=O) groups is 3. The molecule has 2 amide bonds. The summed E-state index contributed by atoms with van der Waals surface area (Å²) in [5.41, 5.74) is 1.64. The van der Waals surface area contributed by atoms with Crippen LogP contribution in [0.5, 0.6) is 0 Å². The average molecular weight is 406 g/mol. The Kier molecular flexibility index (Phi) is 5.80. The summed E-state index contributed by atoms with van der Waals surface area (Å²) in [5.74, 6) is -2.06. The summed E-state index contributed by atoms with van der Waals surface area (Å²) < 4.78 is 6.43. The second kappa shape index (κ2) is 8.46. The molecule has 0 unspecified atom stereocenters. The van der Waals surface area contributed by atoms with E-state index in [2.05, 4.69) is 10.6 Å². The van der Waals surface area contributed by atoms with Gasteiger partial charge >= 0.3 is 5.97 Å². The number of aryl methyl sites for hydroxylation is 1. The molecule has 3 rings (SSSR count). The Hall–Kier alpha value is -4.16. The van der Waals surface area contributed by atoms with Gasteiger partial charge < -0.3 is 25.0 Å². The predicted molar refractivity (Wildman–Crippen MR) is 109 cm³/mol. The molecule has 9 nitrogen and oxygen atoms in total. The van der Waals surface area contributed by atoms with Crippen LogP contribution in [0.3, 0.4) is 0 Å². The third kappa shape index (κ3) is 4.14. The summed E-state index contributed by atoms with van der Waals surface area (Å²) in [7, 11) is 3.11. The molecule has 0 bridgehead atoms. The summed E-state index contributed by atoms with van der Waals surface area (Å²) in [6.07, 6.45) is 0. The molecule has 0 aliphatic carbocycles. The first kappa shape index (κ1) is 20.6. The third-order valence-electron chi connectivity index (χ3n) is 4.46. The number of carboxylic acids is 1. The summed E-state index contributed by atoms with van der Waals surface area (Å²) >= 11 is 0. The lowest BCUT2D eigenvalue weighted by atomic mass is 10.1. The number of carboxylic acid groups (broad SMARTS) is 1. The van der Waals surface area contributed by atoms with Gasteiger partial charge in [-0.2, -0.15) is 5.26 Å². The van der Waals surface area contributed by atoms with E-state index in [0.29, 0.717) is 16.9 Å². The fourth-order valence-corrected chi connectivity index (χ4v) is 3.04. The standard InChI is InChI=1S/C21H18N4O5/c1-25-17-9-14(23-19(26)11-30-2)5-4-13(17)8-18(25)20(27)24-16-6-3-12(10-22)7-15(16)21(28)29/h3-9H,11H2,1-2H3,(H,23,26)(H,24,27)(H,28,29). The average Bonchev–Trinajstić information content (AvgIpc) is 3.04. The van der Waals surface area contributed by atoms with Crippen LogP contribution in [0.2, 0.25) is 0 Å². The topological polar surface area (TPSA) is 133 Å². The maximum absolute atomic E-state index is 12.8. The number of anilines is 2. The van der Waals surface area contributed by atoms with E-state index in [1.54, 1.807) is 35.9 Å². The quantitative estimate of drug-likeness (QED) is 0.576. The number of nitrogens with one attached hydrogen (secondary N) is 2. The number of ether oxygens (including phenoxy) is 1. The summed E-state index contributed by atoms with van der Waals surface area (Å²) in [4.78, 5) is 36.0. The van der Waals surface area contributed by atoms with Crippen LogP contribution in [0, 0.1) is 11.3 Å². The van der Waals surface area contributed by atoms with E-state index in [0.717, 1.165) is 5.39 Å². The number of benzene rings is 2. The van der Waals surface area contributed by atoms with Gasteiger partial charge in [0.25, 0.3) is 5.91 Å². The highest BCUT2D eigenvalue weighted by Gasteiger charge is 2.18. The van der Waals surface area contributed by atoms with E-state index in [1.807, 2.05) is 6.07 Å². The van der Waals surface area contributed by atoms with Crippen molar-refractivity contribution in [3.05, 3.63) is 59.3 Å². The van der Waals surface area contributed by atoms with Gasteiger partial charge in [0.2, 0.25) is 5.91 Å². The molecule has 0 saturated carbocycles. The van der Waals surface area contributed by atoms with Crippen molar-refractivity contribution in [2.24, 2.45) is 7.05 Å². The number of rotatable bonds is 6. The van der Waals surface area contributed by atoms with E-state index >= 15 is 0 Å². The first-order valence-corrected chi connectivity index (χ1v) is 8.81. The summed E-state index contributed by atoms with van der Waals surface area (Å²) in [6, 6.07) is 12.7. The van der Waals surface area contributed by atoms with Crippen molar-refractivity contribution in [1.82, 2.24) is 4.57 Å². The van der Waals surface area contributed by atoms with Crippen LogP contribution in [0.15, 0.2) is 42.5 Å². The van der Waals surface area contributed by atoms with Crippen molar-refractivity contribution in [2.75, 3.05) is 24.4 Å². The summed E-state index contributed by atoms with van der Waals surface area (Å²) in [6.45, 7) is -0.0741. The van der Waals surface area contributed by atoms with Crippen LogP contribution >= 0.6 is 0 Å². The molecule has 152 valence electrons. The zero-order chi connectivity index (χ0) is 21.8. The third-order valence-corrected chi connectivity index (χ3v) is 4.46. The van der Waals surface area contributed by atoms with Gasteiger partial charge in [0.05, 0.1) is 28.4 Å². The van der Waals surface area contributed by atoms with Crippen molar-refractivity contribution >= 4 is 40.1 Å². The molecular weight excluding hydrogens is 388 g/mol. The minimum atomic E-state index is -1.25. The molecule has 0 radical (unpaired) electrons. The zero-order valence-electron chi connectivity index (χ0n) is 16.2. The largest absolute Gasteiger partial charge is 0.478 e. The van der Waals surface area contributed by atoms with Gasteiger partial charge in [-0.05, 0) is 36.4 Å². The number of aromatic carboxylic acids is 1. The van der Waals surface area contributed by atoms with Crippen molar-refractivity contribution in [1.29, 1.82) is 5.26 Å². The minimum Gasteiger partial charge on any atom is -0.478 e. The number of amides is 2. The van der Waals surface area contributed by atoms with E-state index in [9.17, 15) is 19.5 Å². The Morgan fingerprint density at radius 2 is 1.90 bits per heavy atom. The number of nitriles is 1. The van der Waals surface area contributed by atoms with Crippen LogP contribution < -0.4 is 10.6 Å². The smallest absolute Gasteiger partial charge is 0.337 e. The molecule has 0 atom stereocenters. The van der Waals surface area contributed by atoms with Crippen molar-refractivity contribution in [3.63, 3.8) is 0 Å². The first-order valence-electron chi connectivity index (χ1n) is 8.81. The highest BCUT2D eigenvalue weighted by Crippen LogP contribution is 2.24. The van der Waals surface area contributed by atoms with Crippen molar-refractivity contribution in [3.8, 4) is 6.07 Å². The van der Waals surface area contributed by atoms with Gasteiger partial charge in [-0.15, -0.1) is 0 Å². The van der Waals surface area contributed by atoms with Crippen molar-refractivity contribution in [2.45, 2.75) is 0 Å². The fraction of sp³-hybridized carbons (Fsp3) is 0.143. The number of carbonyl (C=O) groups excluding carboxylic acids is 2. The Balaban J connectivity index is 1.91.